The zero-order chi connectivity index (χ0) is 9.78. The van der Waals surface area contributed by atoms with Crippen molar-refractivity contribution in [3.05, 3.63) is 0 Å². The molecule has 0 radical (unpaired) electrons. The van der Waals surface area contributed by atoms with Gasteiger partial charge in [0.2, 0.25) is 0 Å². The highest BCUT2D eigenvalue weighted by atomic mass is 16.5. The second-order valence-corrected chi connectivity index (χ2v) is 3.52. The number of nitrogens with zero attached hydrogens (tertiary/aromatic N) is 1. The number of methoxy groups -OCH3 is 1. The molecule has 12 heavy (non-hydrogen) atoms. The Bertz CT molecular complexity index is 155. The molecule has 0 fully saturated rings. The third-order valence-corrected chi connectivity index (χ3v) is 1.62. The van der Waals surface area contributed by atoms with Gasteiger partial charge in [0.05, 0.1) is 5.60 Å². The van der Waals surface area contributed by atoms with Crippen LogP contribution in [0.15, 0.2) is 0 Å². The first-order valence-corrected chi connectivity index (χ1v) is 3.89. The van der Waals surface area contributed by atoms with Crippen LogP contribution in [0.4, 0.5) is 4.79 Å². The van der Waals surface area contributed by atoms with Crippen molar-refractivity contribution >= 4 is 6.03 Å². The molecule has 4 heteroatoms. The van der Waals surface area contributed by atoms with E-state index in [2.05, 4.69) is 5.32 Å². The Balaban J connectivity index is 3.76. The second kappa shape index (κ2) is 4.30. The monoisotopic (exact) mass is 174 g/mol. The van der Waals surface area contributed by atoms with Crippen LogP contribution < -0.4 is 5.32 Å². The largest absolute Gasteiger partial charge is 0.377 e. The van der Waals surface area contributed by atoms with Gasteiger partial charge >= 0.3 is 6.03 Å². The number of amides is 2. The van der Waals surface area contributed by atoms with Crippen molar-refractivity contribution in [3.63, 3.8) is 0 Å². The molecule has 0 aromatic rings. The number of carbonyl (C=O) groups excluding carboxylic acids is 1. The third kappa shape index (κ3) is 4.18. The highest BCUT2D eigenvalue weighted by molar-refractivity contribution is 5.73. The number of nitrogens with one attached hydrogen (secondary N) is 1. The summed E-state index contributed by atoms with van der Waals surface area (Å²) in [5.74, 6) is 0. The van der Waals surface area contributed by atoms with E-state index < -0.39 is 0 Å². The molecule has 0 spiro atoms. The fraction of sp³-hybridized carbons (Fsp3) is 0.875. The fourth-order valence-corrected chi connectivity index (χ4v) is 0.519. The Labute approximate surface area is 73.9 Å². The average Bonchev–Trinajstić information content (AvgIpc) is 2.00. The minimum atomic E-state index is -0.300. The molecule has 0 aliphatic heterocycles. The molecule has 0 atom stereocenters. The maximum atomic E-state index is 11.1. The Morgan fingerprint density at radius 2 is 2.00 bits per heavy atom. The maximum Gasteiger partial charge on any atom is 0.316 e. The van der Waals surface area contributed by atoms with Crippen molar-refractivity contribution in [2.75, 3.05) is 27.7 Å². The SMILES string of the molecule is COC(C)(C)CNC(=O)N(C)C. The number of hydrogen-bond acceptors (Lipinski definition) is 2. The molecule has 4 nitrogen and oxygen atoms in total. The van der Waals surface area contributed by atoms with Crippen LogP contribution in [-0.4, -0.2) is 44.3 Å². The van der Waals surface area contributed by atoms with Crippen LogP contribution in [0.25, 0.3) is 0 Å². The Kier molecular flexibility index (Phi) is 4.03. The fourth-order valence-electron chi connectivity index (χ4n) is 0.519. The lowest BCUT2D eigenvalue weighted by Gasteiger charge is -2.24. The van der Waals surface area contributed by atoms with Crippen LogP contribution in [0.3, 0.4) is 0 Å². The summed E-state index contributed by atoms with van der Waals surface area (Å²) in [6.07, 6.45) is 0. The normalized spacial score (nSPS) is 11.1. The van der Waals surface area contributed by atoms with Gasteiger partial charge in [0, 0.05) is 27.7 Å². The minimum Gasteiger partial charge on any atom is -0.377 e. The van der Waals surface area contributed by atoms with E-state index in [1.807, 2.05) is 13.8 Å². The molecule has 1 N–H and O–H groups in total. The highest BCUT2D eigenvalue weighted by Crippen LogP contribution is 2.04. The molecule has 0 rings (SSSR count). The van der Waals surface area contributed by atoms with Crippen LogP contribution in [-0.2, 0) is 4.74 Å². The van der Waals surface area contributed by atoms with Crippen LogP contribution in [0.5, 0.6) is 0 Å². The number of hydrogen-bond donors (Lipinski definition) is 1. The minimum absolute atomic E-state index is 0.0971. The molecule has 0 aliphatic carbocycles. The van der Waals surface area contributed by atoms with Gasteiger partial charge in [0.1, 0.15) is 0 Å². The lowest BCUT2D eigenvalue weighted by Crippen LogP contribution is -2.43. The van der Waals surface area contributed by atoms with E-state index in [0.717, 1.165) is 0 Å². The molecule has 0 aliphatic rings. The van der Waals surface area contributed by atoms with Gasteiger partial charge in [-0.3, -0.25) is 0 Å². The summed E-state index contributed by atoms with van der Waals surface area (Å²) in [5.41, 5.74) is -0.300. The molecule has 72 valence electrons. The summed E-state index contributed by atoms with van der Waals surface area (Å²) in [5, 5.41) is 2.74. The summed E-state index contributed by atoms with van der Waals surface area (Å²) < 4.78 is 5.13. The van der Waals surface area contributed by atoms with Gasteiger partial charge in [-0.05, 0) is 13.8 Å². The molecule has 0 aromatic heterocycles. The van der Waals surface area contributed by atoms with Crippen LogP contribution in [0.2, 0.25) is 0 Å². The number of ether oxygens (including phenoxy) is 1. The summed E-state index contributed by atoms with van der Waals surface area (Å²) in [7, 11) is 5.03. The predicted octanol–water partition coefficient (Wildman–Crippen LogP) is 0.683. The van der Waals surface area contributed by atoms with Crippen LogP contribution >= 0.6 is 0 Å². The van der Waals surface area contributed by atoms with Crippen molar-refractivity contribution in [2.45, 2.75) is 19.4 Å². The first-order chi connectivity index (χ1) is 5.39. The summed E-state index contributed by atoms with van der Waals surface area (Å²) >= 11 is 0. The Morgan fingerprint density at radius 3 is 2.33 bits per heavy atom. The van der Waals surface area contributed by atoms with E-state index in [1.165, 1.54) is 4.90 Å². The van der Waals surface area contributed by atoms with E-state index in [4.69, 9.17) is 4.74 Å². The quantitative estimate of drug-likeness (QED) is 0.683. The molecule has 0 bridgehead atoms. The van der Waals surface area contributed by atoms with Crippen LogP contribution in [0.1, 0.15) is 13.8 Å². The van der Waals surface area contributed by atoms with Gasteiger partial charge in [0.15, 0.2) is 0 Å². The molecule has 0 saturated heterocycles. The van der Waals surface area contributed by atoms with E-state index in [9.17, 15) is 4.79 Å². The predicted molar refractivity (Wildman–Crippen MR) is 48.2 cm³/mol. The Hall–Kier alpha value is -0.770. The molecule has 0 saturated carbocycles. The van der Waals surface area contributed by atoms with E-state index in [0.29, 0.717) is 6.54 Å². The lowest BCUT2D eigenvalue weighted by molar-refractivity contribution is 0.0247. The van der Waals surface area contributed by atoms with E-state index >= 15 is 0 Å². The lowest BCUT2D eigenvalue weighted by atomic mass is 10.1. The average molecular weight is 174 g/mol. The van der Waals surface area contributed by atoms with Crippen molar-refractivity contribution in [1.82, 2.24) is 10.2 Å². The summed E-state index contributed by atoms with van der Waals surface area (Å²) in [6, 6.07) is -0.0971. The zero-order valence-corrected chi connectivity index (χ0v) is 8.47. The molecular weight excluding hydrogens is 156 g/mol. The summed E-state index contributed by atoms with van der Waals surface area (Å²) in [6.45, 7) is 4.35. The number of carbonyl (C=O) groups is 1. The van der Waals surface area contributed by atoms with Gasteiger partial charge in [-0.25, -0.2) is 4.79 Å². The van der Waals surface area contributed by atoms with Crippen LogP contribution in [0, 0.1) is 0 Å². The van der Waals surface area contributed by atoms with Gasteiger partial charge < -0.3 is 15.0 Å². The molecule has 0 unspecified atom stereocenters. The molecular formula is C8H18N2O2. The zero-order valence-electron chi connectivity index (χ0n) is 8.47. The number of rotatable bonds is 3. The smallest absolute Gasteiger partial charge is 0.316 e. The Morgan fingerprint density at radius 1 is 1.50 bits per heavy atom. The second-order valence-electron chi connectivity index (χ2n) is 3.52. The van der Waals surface area contributed by atoms with Crippen molar-refractivity contribution in [1.29, 1.82) is 0 Å². The van der Waals surface area contributed by atoms with Gasteiger partial charge in [-0.15, -0.1) is 0 Å². The highest BCUT2D eigenvalue weighted by Gasteiger charge is 2.17. The van der Waals surface area contributed by atoms with Crippen molar-refractivity contribution in [3.8, 4) is 0 Å². The molecule has 0 aromatic carbocycles. The van der Waals surface area contributed by atoms with Crippen molar-refractivity contribution in [2.24, 2.45) is 0 Å². The maximum absolute atomic E-state index is 11.1. The van der Waals surface area contributed by atoms with Crippen molar-refractivity contribution < 1.29 is 9.53 Å². The first-order valence-electron chi connectivity index (χ1n) is 3.89. The standard InChI is InChI=1S/C8H18N2O2/c1-8(2,12-5)6-9-7(11)10(3)4/h6H2,1-5H3,(H,9,11). The van der Waals surface area contributed by atoms with Gasteiger partial charge in [0.25, 0.3) is 0 Å². The molecule has 0 heterocycles. The first kappa shape index (κ1) is 11.2. The third-order valence-electron chi connectivity index (χ3n) is 1.62. The topological polar surface area (TPSA) is 41.6 Å². The van der Waals surface area contributed by atoms with Gasteiger partial charge in [-0.2, -0.15) is 0 Å². The number of urea groups is 1. The van der Waals surface area contributed by atoms with E-state index in [1.54, 1.807) is 21.2 Å². The molecule has 2 amide bonds. The van der Waals surface area contributed by atoms with Gasteiger partial charge in [-0.1, -0.05) is 0 Å². The summed E-state index contributed by atoms with van der Waals surface area (Å²) in [4.78, 5) is 12.6. The van der Waals surface area contributed by atoms with E-state index in [-0.39, 0.29) is 11.6 Å².